The van der Waals surface area contributed by atoms with Gasteiger partial charge in [-0.3, -0.25) is 9.69 Å². The zero-order chi connectivity index (χ0) is 20.3. The fourth-order valence-electron chi connectivity index (χ4n) is 3.56. The van der Waals surface area contributed by atoms with E-state index in [2.05, 4.69) is 18.7 Å². The van der Waals surface area contributed by atoms with Crippen LogP contribution in [0.4, 0.5) is 10.1 Å². The number of carbonyl (C=O) groups excluding carboxylic acids is 1. The van der Waals surface area contributed by atoms with Crippen LogP contribution in [0.15, 0.2) is 42.5 Å². The Bertz CT molecular complexity index is 825. The minimum Gasteiger partial charge on any atom is -0.484 e. The number of hydrogen-bond acceptors (Lipinski definition) is 4. The molecule has 2 atom stereocenters. The molecule has 0 aromatic heterocycles. The Kier molecular flexibility index (Phi) is 6.19. The number of rotatable bonds is 5. The fourth-order valence-corrected chi connectivity index (χ4v) is 3.56. The first kappa shape index (κ1) is 20.1. The van der Waals surface area contributed by atoms with Crippen molar-refractivity contribution in [2.75, 3.05) is 25.4 Å². The molecule has 2 N–H and O–H groups in total. The third-order valence-electron chi connectivity index (χ3n) is 5.34. The number of nitrogens with two attached hydrogens (primary N) is 1. The molecule has 0 bridgehead atoms. The van der Waals surface area contributed by atoms with E-state index >= 15 is 0 Å². The van der Waals surface area contributed by atoms with E-state index in [0.717, 1.165) is 24.2 Å². The maximum Gasteiger partial charge on any atom is 0.260 e. The summed E-state index contributed by atoms with van der Waals surface area (Å²) in [6, 6.07) is 12.3. The van der Waals surface area contributed by atoms with Gasteiger partial charge in [-0.05, 0) is 62.2 Å². The molecular weight excluding hydrogens is 357 g/mol. The molecule has 1 fully saturated rings. The molecule has 0 spiro atoms. The number of amides is 1. The molecule has 1 aliphatic rings. The number of benzene rings is 2. The predicted octanol–water partition coefficient (Wildman–Crippen LogP) is 3.22. The lowest BCUT2D eigenvalue weighted by Gasteiger charge is -2.44. The number of halogens is 1. The summed E-state index contributed by atoms with van der Waals surface area (Å²) in [5, 5.41) is 0. The lowest BCUT2D eigenvalue weighted by Crippen LogP contribution is -2.58. The lowest BCUT2D eigenvalue weighted by molar-refractivity contribution is -0.139. The topological polar surface area (TPSA) is 58.8 Å². The van der Waals surface area contributed by atoms with Crippen LogP contribution in [0, 0.1) is 12.7 Å². The number of aryl methyl sites for hydroxylation is 1. The molecule has 0 saturated carbocycles. The number of hydrogen-bond donors (Lipinski definition) is 1. The second-order valence-corrected chi connectivity index (χ2v) is 7.61. The third kappa shape index (κ3) is 4.81. The number of ether oxygens (including phenoxy) is 1. The largest absolute Gasteiger partial charge is 0.484 e. The molecule has 0 radical (unpaired) electrons. The summed E-state index contributed by atoms with van der Waals surface area (Å²) in [4.78, 5) is 16.9. The zero-order valence-electron chi connectivity index (χ0n) is 16.7. The summed E-state index contributed by atoms with van der Waals surface area (Å²) in [6.07, 6.45) is 0. The highest BCUT2D eigenvalue weighted by molar-refractivity contribution is 5.78. The minimum atomic E-state index is -0.225. The van der Waals surface area contributed by atoms with E-state index in [1.807, 2.05) is 30.0 Å². The van der Waals surface area contributed by atoms with Gasteiger partial charge in [0.1, 0.15) is 11.6 Å². The van der Waals surface area contributed by atoms with E-state index < -0.39 is 0 Å². The summed E-state index contributed by atoms with van der Waals surface area (Å²) in [6.45, 7) is 8.24. The van der Waals surface area contributed by atoms with E-state index in [9.17, 15) is 9.18 Å². The SMILES string of the molecule is Cc1cc(OCC(=O)N2C[C@@H](C)N(Cc3ccc(F)cc3)C[C@@H]2C)ccc1N. The predicted molar refractivity (Wildman–Crippen MR) is 109 cm³/mol. The Morgan fingerprint density at radius 2 is 1.86 bits per heavy atom. The number of nitrogens with zero attached hydrogens (tertiary/aromatic N) is 2. The van der Waals surface area contributed by atoms with Gasteiger partial charge in [0.2, 0.25) is 0 Å². The molecular formula is C22H28FN3O2. The van der Waals surface area contributed by atoms with E-state index in [0.29, 0.717) is 18.0 Å². The molecule has 1 amide bonds. The Hall–Kier alpha value is -2.60. The molecule has 0 unspecified atom stereocenters. The van der Waals surface area contributed by atoms with Crippen LogP contribution in [0.3, 0.4) is 0 Å². The van der Waals surface area contributed by atoms with Crippen LogP contribution in [-0.4, -0.2) is 47.5 Å². The summed E-state index contributed by atoms with van der Waals surface area (Å²) >= 11 is 0. The first-order chi connectivity index (χ1) is 13.3. The molecule has 5 nitrogen and oxygen atoms in total. The van der Waals surface area contributed by atoms with Crippen LogP contribution in [0.25, 0.3) is 0 Å². The minimum absolute atomic E-state index is 0.0123. The van der Waals surface area contributed by atoms with E-state index in [1.54, 1.807) is 12.1 Å². The first-order valence-corrected chi connectivity index (χ1v) is 9.60. The lowest BCUT2D eigenvalue weighted by atomic mass is 10.1. The molecule has 150 valence electrons. The Labute approximate surface area is 165 Å². The molecule has 6 heteroatoms. The Balaban J connectivity index is 1.56. The molecule has 28 heavy (non-hydrogen) atoms. The van der Waals surface area contributed by atoms with Gasteiger partial charge < -0.3 is 15.4 Å². The Morgan fingerprint density at radius 1 is 1.14 bits per heavy atom. The van der Waals surface area contributed by atoms with Crippen LogP contribution >= 0.6 is 0 Å². The number of anilines is 1. The fraction of sp³-hybridized carbons (Fsp3) is 0.409. The zero-order valence-corrected chi connectivity index (χ0v) is 16.7. The van der Waals surface area contributed by atoms with E-state index in [4.69, 9.17) is 10.5 Å². The van der Waals surface area contributed by atoms with Crippen LogP contribution in [0.5, 0.6) is 5.75 Å². The van der Waals surface area contributed by atoms with Crippen LogP contribution in [0.1, 0.15) is 25.0 Å². The van der Waals surface area contributed by atoms with Gasteiger partial charge in [0.15, 0.2) is 6.61 Å². The van der Waals surface area contributed by atoms with Crippen molar-refractivity contribution in [2.45, 2.75) is 39.4 Å². The van der Waals surface area contributed by atoms with Gasteiger partial charge in [-0.15, -0.1) is 0 Å². The average Bonchev–Trinajstić information content (AvgIpc) is 2.67. The maximum absolute atomic E-state index is 13.1. The van der Waals surface area contributed by atoms with Crippen molar-refractivity contribution < 1.29 is 13.9 Å². The Morgan fingerprint density at radius 3 is 2.54 bits per heavy atom. The van der Waals surface area contributed by atoms with Crippen molar-refractivity contribution in [3.05, 3.63) is 59.4 Å². The van der Waals surface area contributed by atoms with Crippen LogP contribution in [-0.2, 0) is 11.3 Å². The molecule has 1 aliphatic heterocycles. The van der Waals surface area contributed by atoms with Crippen molar-refractivity contribution in [3.8, 4) is 5.75 Å². The standard InChI is InChI=1S/C22H28FN3O2/c1-15-10-20(8-9-21(15)24)28-14-22(27)26-12-16(2)25(11-17(26)3)13-18-4-6-19(23)7-5-18/h4-10,16-17H,11-14,24H2,1-3H3/t16-,17+/m1/s1. The number of piperazine rings is 1. The maximum atomic E-state index is 13.1. The molecule has 2 aromatic carbocycles. The second kappa shape index (κ2) is 8.61. The third-order valence-corrected chi connectivity index (χ3v) is 5.34. The van der Waals surface area contributed by atoms with E-state index in [1.165, 1.54) is 12.1 Å². The van der Waals surface area contributed by atoms with Gasteiger partial charge >= 0.3 is 0 Å². The van der Waals surface area contributed by atoms with Gasteiger partial charge in [-0.25, -0.2) is 4.39 Å². The highest BCUT2D eigenvalue weighted by Gasteiger charge is 2.32. The monoisotopic (exact) mass is 385 g/mol. The molecule has 1 heterocycles. The van der Waals surface area contributed by atoms with Gasteiger partial charge in [0, 0.05) is 37.4 Å². The highest BCUT2D eigenvalue weighted by Crippen LogP contribution is 2.21. The van der Waals surface area contributed by atoms with Gasteiger partial charge in [-0.2, -0.15) is 0 Å². The molecule has 0 aliphatic carbocycles. The van der Waals surface area contributed by atoms with Gasteiger partial charge in [0.25, 0.3) is 5.91 Å². The second-order valence-electron chi connectivity index (χ2n) is 7.61. The van der Waals surface area contributed by atoms with Gasteiger partial charge in [0.05, 0.1) is 0 Å². The number of nitrogen functional groups attached to an aromatic ring is 1. The summed E-state index contributed by atoms with van der Waals surface area (Å²) in [7, 11) is 0. The molecule has 2 aromatic rings. The van der Waals surface area contributed by atoms with Crippen molar-refractivity contribution >= 4 is 11.6 Å². The van der Waals surface area contributed by atoms with Crippen LogP contribution in [0.2, 0.25) is 0 Å². The summed E-state index contributed by atoms with van der Waals surface area (Å²) in [5.41, 5.74) is 8.53. The molecule has 3 rings (SSSR count). The van der Waals surface area contributed by atoms with Crippen molar-refractivity contribution in [1.29, 1.82) is 0 Å². The number of carbonyl (C=O) groups is 1. The van der Waals surface area contributed by atoms with Crippen molar-refractivity contribution in [1.82, 2.24) is 9.80 Å². The van der Waals surface area contributed by atoms with Crippen LogP contribution < -0.4 is 10.5 Å². The van der Waals surface area contributed by atoms with Crippen molar-refractivity contribution in [3.63, 3.8) is 0 Å². The average molecular weight is 385 g/mol. The summed E-state index contributed by atoms with van der Waals surface area (Å²) < 4.78 is 18.8. The van der Waals surface area contributed by atoms with E-state index in [-0.39, 0.29) is 30.4 Å². The smallest absolute Gasteiger partial charge is 0.260 e. The van der Waals surface area contributed by atoms with Crippen molar-refractivity contribution in [2.24, 2.45) is 0 Å². The quantitative estimate of drug-likeness (QED) is 0.803. The highest BCUT2D eigenvalue weighted by atomic mass is 19.1. The van der Waals surface area contributed by atoms with Gasteiger partial charge in [-0.1, -0.05) is 12.1 Å². The first-order valence-electron chi connectivity index (χ1n) is 9.60. The normalized spacial score (nSPS) is 20.2. The summed E-state index contributed by atoms with van der Waals surface area (Å²) in [5.74, 6) is 0.405. The molecule has 1 saturated heterocycles.